The fourth-order valence-electron chi connectivity index (χ4n) is 2.19. The lowest BCUT2D eigenvalue weighted by molar-refractivity contribution is -0.154. The lowest BCUT2D eigenvalue weighted by Gasteiger charge is -2.30. The van der Waals surface area contributed by atoms with Crippen molar-refractivity contribution in [2.45, 2.75) is 60.3 Å². The first-order valence-corrected chi connectivity index (χ1v) is 7.37. The van der Waals surface area contributed by atoms with Crippen molar-refractivity contribution >= 4 is 11.9 Å². The van der Waals surface area contributed by atoms with Crippen LogP contribution in [0.1, 0.15) is 60.3 Å². The Hall–Kier alpha value is -1.06. The van der Waals surface area contributed by atoms with E-state index in [-0.39, 0.29) is 12.3 Å². The van der Waals surface area contributed by atoms with Gasteiger partial charge >= 0.3 is 5.97 Å². The van der Waals surface area contributed by atoms with Crippen LogP contribution in [0, 0.1) is 11.3 Å². The highest BCUT2D eigenvalue weighted by Crippen LogP contribution is 2.31. The van der Waals surface area contributed by atoms with Crippen LogP contribution in [-0.4, -0.2) is 35.0 Å². The van der Waals surface area contributed by atoms with E-state index >= 15 is 0 Å². The molecule has 0 heterocycles. The van der Waals surface area contributed by atoms with E-state index in [1.165, 1.54) is 0 Å². The van der Waals surface area contributed by atoms with Gasteiger partial charge in [-0.3, -0.25) is 9.59 Å². The summed E-state index contributed by atoms with van der Waals surface area (Å²) >= 11 is 0. The number of hydrogen-bond donors (Lipinski definition) is 1. The van der Waals surface area contributed by atoms with Gasteiger partial charge in [-0.25, -0.2) is 0 Å². The molecule has 0 aliphatic rings. The third-order valence-corrected chi connectivity index (χ3v) is 4.26. The topological polar surface area (TPSA) is 57.6 Å². The zero-order valence-corrected chi connectivity index (χ0v) is 13.0. The van der Waals surface area contributed by atoms with Gasteiger partial charge in [-0.1, -0.05) is 34.1 Å². The molecule has 112 valence electrons. The molecule has 0 fully saturated rings. The van der Waals surface area contributed by atoms with Gasteiger partial charge in [0.25, 0.3) is 0 Å². The fourth-order valence-corrected chi connectivity index (χ4v) is 2.19. The van der Waals surface area contributed by atoms with Crippen molar-refractivity contribution in [3.05, 3.63) is 0 Å². The quantitative estimate of drug-likeness (QED) is 0.700. The molecule has 0 rings (SSSR count). The highest BCUT2D eigenvalue weighted by atomic mass is 16.4. The molecule has 0 spiro atoms. The largest absolute Gasteiger partial charge is 0.481 e. The maximum atomic E-state index is 12.3. The molecule has 0 saturated heterocycles. The lowest BCUT2D eigenvalue weighted by atomic mass is 9.79. The average Bonchev–Trinajstić information content (AvgIpc) is 2.41. The summed E-state index contributed by atoms with van der Waals surface area (Å²) in [5.41, 5.74) is -0.903. The van der Waals surface area contributed by atoms with Gasteiger partial charge in [0.2, 0.25) is 5.91 Å². The van der Waals surface area contributed by atoms with Crippen molar-refractivity contribution in [1.82, 2.24) is 4.90 Å². The summed E-state index contributed by atoms with van der Waals surface area (Å²) in [6.07, 6.45) is 2.12. The molecule has 1 amide bonds. The second kappa shape index (κ2) is 8.18. The third-order valence-electron chi connectivity index (χ3n) is 4.26. The summed E-state index contributed by atoms with van der Waals surface area (Å²) < 4.78 is 0. The summed E-state index contributed by atoms with van der Waals surface area (Å²) in [4.78, 5) is 25.6. The first-order chi connectivity index (χ1) is 8.86. The van der Waals surface area contributed by atoms with E-state index in [1.54, 1.807) is 4.90 Å². The van der Waals surface area contributed by atoms with Crippen LogP contribution in [0.2, 0.25) is 0 Å². The van der Waals surface area contributed by atoms with E-state index in [9.17, 15) is 14.7 Å². The molecule has 0 bridgehead atoms. The molecule has 0 radical (unpaired) electrons. The molecule has 0 aromatic heterocycles. The second-order valence-electron chi connectivity index (χ2n) is 5.42. The van der Waals surface area contributed by atoms with Crippen molar-refractivity contribution < 1.29 is 14.7 Å². The molecule has 4 heteroatoms. The Morgan fingerprint density at radius 1 is 1.16 bits per heavy atom. The van der Waals surface area contributed by atoms with E-state index in [0.717, 1.165) is 13.0 Å². The van der Waals surface area contributed by atoms with Crippen molar-refractivity contribution in [1.29, 1.82) is 0 Å². The first-order valence-electron chi connectivity index (χ1n) is 7.37. The summed E-state index contributed by atoms with van der Waals surface area (Å²) in [7, 11) is 0. The average molecular weight is 271 g/mol. The van der Waals surface area contributed by atoms with Crippen molar-refractivity contribution in [2.24, 2.45) is 11.3 Å². The number of amides is 1. The smallest absolute Gasteiger partial charge is 0.310 e. The Morgan fingerprint density at radius 2 is 1.68 bits per heavy atom. The maximum absolute atomic E-state index is 12.3. The van der Waals surface area contributed by atoms with E-state index in [4.69, 9.17) is 0 Å². The minimum Gasteiger partial charge on any atom is -0.481 e. The lowest BCUT2D eigenvalue weighted by Crippen LogP contribution is -2.40. The predicted octanol–water partition coefficient (Wildman–Crippen LogP) is 3.16. The number of carbonyl (C=O) groups excluding carboxylic acids is 1. The van der Waals surface area contributed by atoms with Crippen LogP contribution >= 0.6 is 0 Å². The standard InChI is InChI=1S/C15H29NO3/c1-6-12(5)11-16(9-4)13(17)10-15(7-2,8-3)14(18)19/h12H,6-11H2,1-5H3,(H,18,19). The minimum atomic E-state index is -0.903. The third kappa shape index (κ3) is 4.84. The SMILES string of the molecule is CCC(C)CN(CC)C(=O)CC(CC)(CC)C(=O)O. The molecular weight excluding hydrogens is 242 g/mol. The number of carboxylic acid groups (broad SMARTS) is 1. The van der Waals surface area contributed by atoms with Gasteiger partial charge in [0.1, 0.15) is 0 Å². The fraction of sp³-hybridized carbons (Fsp3) is 0.867. The van der Waals surface area contributed by atoms with Gasteiger partial charge in [-0.2, -0.15) is 0 Å². The summed E-state index contributed by atoms with van der Waals surface area (Å²) in [5, 5.41) is 9.38. The second-order valence-corrected chi connectivity index (χ2v) is 5.42. The number of aliphatic carboxylic acids is 1. The highest BCUT2D eigenvalue weighted by Gasteiger charge is 2.38. The molecular formula is C15H29NO3. The van der Waals surface area contributed by atoms with Crippen LogP contribution in [-0.2, 0) is 9.59 Å². The van der Waals surface area contributed by atoms with Gasteiger partial charge in [0, 0.05) is 19.5 Å². The zero-order chi connectivity index (χ0) is 15.1. The molecule has 1 N–H and O–H groups in total. The van der Waals surface area contributed by atoms with Crippen LogP contribution in [0.15, 0.2) is 0 Å². The molecule has 0 aliphatic carbocycles. The van der Waals surface area contributed by atoms with E-state index in [1.807, 2.05) is 20.8 Å². The Balaban J connectivity index is 4.83. The minimum absolute atomic E-state index is 0.0334. The number of nitrogens with zero attached hydrogens (tertiary/aromatic N) is 1. The van der Waals surface area contributed by atoms with Crippen molar-refractivity contribution in [3.8, 4) is 0 Å². The van der Waals surface area contributed by atoms with Crippen molar-refractivity contribution in [3.63, 3.8) is 0 Å². The van der Waals surface area contributed by atoms with Gasteiger partial charge in [0.05, 0.1) is 5.41 Å². The molecule has 19 heavy (non-hydrogen) atoms. The molecule has 0 aromatic carbocycles. The molecule has 0 aliphatic heterocycles. The van der Waals surface area contributed by atoms with Crippen LogP contribution in [0.3, 0.4) is 0 Å². The number of rotatable bonds is 9. The Kier molecular flexibility index (Phi) is 7.72. The first kappa shape index (κ1) is 17.9. The predicted molar refractivity (Wildman–Crippen MR) is 77.0 cm³/mol. The zero-order valence-electron chi connectivity index (χ0n) is 13.0. The van der Waals surface area contributed by atoms with Crippen LogP contribution in [0.25, 0.3) is 0 Å². The van der Waals surface area contributed by atoms with E-state index in [2.05, 4.69) is 13.8 Å². The van der Waals surface area contributed by atoms with Gasteiger partial charge in [-0.05, 0) is 25.7 Å². The van der Waals surface area contributed by atoms with Crippen LogP contribution < -0.4 is 0 Å². The van der Waals surface area contributed by atoms with E-state index in [0.29, 0.717) is 25.3 Å². The number of carboxylic acids is 1. The summed E-state index contributed by atoms with van der Waals surface area (Å²) in [6.45, 7) is 11.2. The van der Waals surface area contributed by atoms with Gasteiger partial charge < -0.3 is 10.0 Å². The Labute approximate surface area is 117 Å². The Morgan fingerprint density at radius 3 is 2.00 bits per heavy atom. The number of hydrogen-bond acceptors (Lipinski definition) is 2. The Bertz CT molecular complexity index is 298. The van der Waals surface area contributed by atoms with Crippen LogP contribution in [0.5, 0.6) is 0 Å². The molecule has 4 nitrogen and oxygen atoms in total. The van der Waals surface area contributed by atoms with Crippen LogP contribution in [0.4, 0.5) is 0 Å². The van der Waals surface area contributed by atoms with Crippen molar-refractivity contribution in [2.75, 3.05) is 13.1 Å². The molecule has 0 saturated carbocycles. The summed E-state index contributed by atoms with van der Waals surface area (Å²) in [6, 6.07) is 0. The molecule has 0 aromatic rings. The number of carbonyl (C=O) groups is 2. The van der Waals surface area contributed by atoms with E-state index < -0.39 is 11.4 Å². The normalized spacial score (nSPS) is 13.1. The summed E-state index contributed by atoms with van der Waals surface area (Å²) in [5.74, 6) is -0.439. The molecule has 1 atom stereocenters. The van der Waals surface area contributed by atoms with Gasteiger partial charge in [-0.15, -0.1) is 0 Å². The molecule has 1 unspecified atom stereocenters. The highest BCUT2D eigenvalue weighted by molar-refractivity contribution is 5.85. The van der Waals surface area contributed by atoms with Gasteiger partial charge in [0.15, 0.2) is 0 Å². The maximum Gasteiger partial charge on any atom is 0.310 e. The monoisotopic (exact) mass is 271 g/mol.